The highest BCUT2D eigenvalue weighted by molar-refractivity contribution is 8.15. The Morgan fingerprint density at radius 3 is 2.45 bits per heavy atom. The van der Waals surface area contributed by atoms with Crippen LogP contribution < -0.4 is 4.90 Å². The lowest BCUT2D eigenvalue weighted by molar-refractivity contribution is -0.126. The molecule has 0 bridgehead atoms. The maximum Gasteiger partial charge on any atom is 0.242 e. The van der Waals surface area contributed by atoms with Crippen LogP contribution >= 0.6 is 11.8 Å². The van der Waals surface area contributed by atoms with E-state index in [1.807, 2.05) is 43.3 Å². The molecular formula is C22H25FN4OS. The number of nitrogens with zero attached hydrogens (tertiary/aromatic N) is 4. The number of hydrogen-bond acceptors (Lipinski definition) is 5. The van der Waals surface area contributed by atoms with Crippen LogP contribution in [0.5, 0.6) is 0 Å². The maximum absolute atomic E-state index is 13.2. The van der Waals surface area contributed by atoms with Crippen molar-refractivity contribution in [1.82, 2.24) is 4.90 Å². The Labute approximate surface area is 175 Å². The monoisotopic (exact) mass is 412 g/mol. The fourth-order valence-electron chi connectivity index (χ4n) is 2.95. The molecule has 2 aromatic rings. The van der Waals surface area contributed by atoms with Gasteiger partial charge >= 0.3 is 0 Å². The molecule has 7 heteroatoms. The minimum Gasteiger partial charge on any atom is -0.378 e. The molecule has 1 heterocycles. The van der Waals surface area contributed by atoms with E-state index in [1.54, 1.807) is 23.2 Å². The number of amides is 1. The third kappa shape index (κ3) is 5.44. The zero-order valence-corrected chi connectivity index (χ0v) is 17.7. The van der Waals surface area contributed by atoms with E-state index in [-0.39, 0.29) is 17.0 Å². The summed E-state index contributed by atoms with van der Waals surface area (Å²) in [5.41, 5.74) is 2.90. The van der Waals surface area contributed by atoms with E-state index in [2.05, 4.69) is 17.1 Å². The normalized spacial score (nSPS) is 18.2. The summed E-state index contributed by atoms with van der Waals surface area (Å²) in [4.78, 5) is 16.5. The quantitative estimate of drug-likeness (QED) is 0.496. The van der Waals surface area contributed by atoms with Crippen molar-refractivity contribution in [2.45, 2.75) is 31.6 Å². The molecule has 0 N–H and O–H groups in total. The molecule has 1 saturated heterocycles. The van der Waals surface area contributed by atoms with Crippen LogP contribution in [0.2, 0.25) is 0 Å². The van der Waals surface area contributed by atoms with Gasteiger partial charge < -0.3 is 4.90 Å². The van der Waals surface area contributed by atoms with Crippen molar-refractivity contribution in [2.75, 3.05) is 19.0 Å². The Morgan fingerprint density at radius 2 is 1.83 bits per heavy atom. The van der Waals surface area contributed by atoms with E-state index in [4.69, 9.17) is 0 Å². The van der Waals surface area contributed by atoms with Gasteiger partial charge in [0.1, 0.15) is 5.82 Å². The Morgan fingerprint density at radius 1 is 1.14 bits per heavy atom. The molecule has 5 nitrogen and oxygen atoms in total. The number of carbonyl (C=O) groups is 1. The van der Waals surface area contributed by atoms with Gasteiger partial charge in [-0.1, -0.05) is 49.4 Å². The number of amidine groups is 1. The summed E-state index contributed by atoms with van der Waals surface area (Å²) in [7, 11) is 3.98. The first-order chi connectivity index (χ1) is 14.0. The zero-order chi connectivity index (χ0) is 20.8. The van der Waals surface area contributed by atoms with Crippen LogP contribution in [0, 0.1) is 5.82 Å². The van der Waals surface area contributed by atoms with Crippen LogP contribution in [0.25, 0.3) is 0 Å². The molecule has 0 saturated carbocycles. The van der Waals surface area contributed by atoms with Crippen molar-refractivity contribution in [3.8, 4) is 0 Å². The van der Waals surface area contributed by atoms with E-state index in [0.29, 0.717) is 11.7 Å². The molecule has 3 rings (SSSR count). The van der Waals surface area contributed by atoms with Crippen LogP contribution in [0.4, 0.5) is 10.1 Å². The summed E-state index contributed by atoms with van der Waals surface area (Å²) in [6, 6.07) is 14.2. The number of benzene rings is 2. The van der Waals surface area contributed by atoms with Gasteiger partial charge in [-0.3, -0.25) is 9.69 Å². The van der Waals surface area contributed by atoms with Gasteiger partial charge in [-0.05, 0) is 41.8 Å². The standard InChI is InChI=1S/C22H25FN4OS/c1-4-5-20-21(28)27(15-17-6-10-18(23)11-7-17)22(29-20)25-24-14-16-8-12-19(13-9-16)26(2)3/h6-14,20H,4-5,15H2,1-3H3. The first-order valence-electron chi connectivity index (χ1n) is 9.59. The average Bonchev–Trinajstić information content (AvgIpc) is 2.99. The van der Waals surface area contributed by atoms with E-state index >= 15 is 0 Å². The highest BCUT2D eigenvalue weighted by Crippen LogP contribution is 2.31. The van der Waals surface area contributed by atoms with E-state index in [9.17, 15) is 9.18 Å². The number of rotatable bonds is 7. The molecule has 0 spiro atoms. The Kier molecular flexibility index (Phi) is 7.04. The van der Waals surface area contributed by atoms with E-state index in [0.717, 1.165) is 29.7 Å². The summed E-state index contributed by atoms with van der Waals surface area (Å²) in [5, 5.41) is 8.97. The van der Waals surface area contributed by atoms with E-state index in [1.165, 1.54) is 23.9 Å². The molecule has 152 valence electrons. The predicted molar refractivity (Wildman–Crippen MR) is 119 cm³/mol. The first kappa shape index (κ1) is 21.0. The Balaban J connectivity index is 1.77. The van der Waals surface area contributed by atoms with E-state index < -0.39 is 0 Å². The van der Waals surface area contributed by atoms with Crippen LogP contribution in [0.3, 0.4) is 0 Å². The lowest BCUT2D eigenvalue weighted by Gasteiger charge is -2.15. The van der Waals surface area contributed by atoms with Crippen LogP contribution in [-0.4, -0.2) is 41.5 Å². The number of halogens is 1. The van der Waals surface area contributed by atoms with Crippen LogP contribution in [0.15, 0.2) is 58.7 Å². The van der Waals surface area contributed by atoms with Crippen molar-refractivity contribution in [2.24, 2.45) is 10.2 Å². The van der Waals surface area contributed by atoms with Crippen molar-refractivity contribution in [3.63, 3.8) is 0 Å². The summed E-state index contributed by atoms with van der Waals surface area (Å²) in [6.07, 6.45) is 3.39. The maximum atomic E-state index is 13.2. The SMILES string of the molecule is CCCC1SC(=NN=Cc2ccc(N(C)C)cc2)N(Cc2ccc(F)cc2)C1=O. The van der Waals surface area contributed by atoms with Crippen molar-refractivity contribution in [3.05, 3.63) is 65.5 Å². The number of carbonyl (C=O) groups excluding carboxylic acids is 1. The van der Waals surface area contributed by atoms with Crippen LogP contribution in [-0.2, 0) is 11.3 Å². The molecule has 0 aliphatic carbocycles. The van der Waals surface area contributed by atoms with Gasteiger partial charge in [-0.25, -0.2) is 4.39 Å². The topological polar surface area (TPSA) is 48.3 Å². The highest BCUT2D eigenvalue weighted by Gasteiger charge is 2.37. The van der Waals surface area contributed by atoms with Gasteiger partial charge in [-0.2, -0.15) is 5.10 Å². The van der Waals surface area contributed by atoms with Gasteiger partial charge in [0.15, 0.2) is 5.17 Å². The Bertz CT molecular complexity index is 894. The third-order valence-corrected chi connectivity index (χ3v) is 5.82. The first-order valence-corrected chi connectivity index (χ1v) is 10.5. The molecular weight excluding hydrogens is 387 g/mol. The highest BCUT2D eigenvalue weighted by atomic mass is 32.2. The lowest BCUT2D eigenvalue weighted by Crippen LogP contribution is -2.31. The zero-order valence-electron chi connectivity index (χ0n) is 16.9. The van der Waals surface area contributed by atoms with Gasteiger partial charge in [0, 0.05) is 19.8 Å². The second-order valence-corrected chi connectivity index (χ2v) is 8.23. The van der Waals surface area contributed by atoms with Crippen LogP contribution in [0.1, 0.15) is 30.9 Å². The molecule has 2 aromatic carbocycles. The predicted octanol–water partition coefficient (Wildman–Crippen LogP) is 4.53. The number of anilines is 1. The molecule has 29 heavy (non-hydrogen) atoms. The average molecular weight is 413 g/mol. The second-order valence-electron chi connectivity index (χ2n) is 7.06. The number of hydrogen-bond donors (Lipinski definition) is 0. The summed E-state index contributed by atoms with van der Waals surface area (Å²) < 4.78 is 13.2. The smallest absolute Gasteiger partial charge is 0.242 e. The fraction of sp³-hybridized carbons (Fsp3) is 0.318. The molecule has 1 unspecified atom stereocenters. The van der Waals surface area contributed by atoms with Crippen molar-refractivity contribution in [1.29, 1.82) is 0 Å². The van der Waals surface area contributed by atoms with Gasteiger partial charge in [-0.15, -0.1) is 5.10 Å². The molecule has 1 aliphatic heterocycles. The fourth-order valence-corrected chi connectivity index (χ4v) is 4.17. The number of thioether (sulfide) groups is 1. The van der Waals surface area contributed by atoms with Gasteiger partial charge in [0.25, 0.3) is 0 Å². The Hall–Kier alpha value is -2.67. The summed E-state index contributed by atoms with van der Waals surface area (Å²) >= 11 is 1.45. The third-order valence-electron chi connectivity index (χ3n) is 4.58. The molecule has 1 atom stereocenters. The lowest BCUT2D eigenvalue weighted by atomic mass is 10.2. The van der Waals surface area contributed by atoms with Gasteiger partial charge in [0.2, 0.25) is 5.91 Å². The largest absolute Gasteiger partial charge is 0.378 e. The molecule has 1 amide bonds. The molecule has 1 aliphatic rings. The summed E-state index contributed by atoms with van der Waals surface area (Å²) in [5.74, 6) is -0.260. The van der Waals surface area contributed by atoms with Crippen molar-refractivity contribution >= 4 is 34.7 Å². The molecule has 0 radical (unpaired) electrons. The molecule has 1 fully saturated rings. The van der Waals surface area contributed by atoms with Gasteiger partial charge in [0.05, 0.1) is 18.0 Å². The summed E-state index contributed by atoms with van der Waals surface area (Å²) in [6.45, 7) is 2.42. The molecule has 0 aromatic heterocycles. The van der Waals surface area contributed by atoms with Crippen molar-refractivity contribution < 1.29 is 9.18 Å². The second kappa shape index (κ2) is 9.69. The minimum atomic E-state index is -0.293. The minimum absolute atomic E-state index is 0.0328.